The second kappa shape index (κ2) is 10.9. The number of halogens is 1. The van der Waals surface area contributed by atoms with Crippen LogP contribution < -0.4 is 4.74 Å². The Kier molecular flexibility index (Phi) is 8.25. The molecule has 168 valence electrons. The van der Waals surface area contributed by atoms with E-state index in [2.05, 4.69) is 9.99 Å². The van der Waals surface area contributed by atoms with E-state index in [4.69, 9.17) is 25.8 Å². The van der Waals surface area contributed by atoms with Crippen LogP contribution in [-0.4, -0.2) is 67.0 Å². The Hall–Kier alpha value is -2.20. The van der Waals surface area contributed by atoms with Crippen molar-refractivity contribution < 1.29 is 34.4 Å². The van der Waals surface area contributed by atoms with Gasteiger partial charge in [0.05, 0.1) is 6.21 Å². The first kappa shape index (κ1) is 23.5. The Balaban J connectivity index is 1.73. The number of nitrogens with zero attached hydrogens (tertiary/aromatic N) is 1. The zero-order chi connectivity index (χ0) is 22.4. The Bertz CT molecular complexity index is 875. The Morgan fingerprint density at radius 1 is 1.03 bits per heavy atom. The standard InChI is InChI=1S/C22H26ClNO7/c1-28-22-20(27)18(25)19(26)21(31-22)14-5-8-17(23)15(12-14)11-13-3-6-16(7-4-13)30-10-9-24-29-2/h3-9,12,18-22,25-27H,10-11H2,1-2H3/t18-,19?,20+,21?,22+/m1/s1. The Morgan fingerprint density at radius 3 is 2.45 bits per heavy atom. The fourth-order valence-electron chi connectivity index (χ4n) is 3.39. The van der Waals surface area contributed by atoms with Crippen LogP contribution in [0.15, 0.2) is 47.6 Å². The fourth-order valence-corrected chi connectivity index (χ4v) is 3.57. The number of benzene rings is 2. The molecule has 1 aliphatic heterocycles. The third kappa shape index (κ3) is 5.74. The normalized spacial score (nSPS) is 26.2. The fraction of sp³-hybridized carbons (Fsp3) is 0.409. The highest BCUT2D eigenvalue weighted by molar-refractivity contribution is 6.31. The highest BCUT2D eigenvalue weighted by atomic mass is 35.5. The molecule has 1 aliphatic rings. The molecule has 0 radical (unpaired) electrons. The molecule has 2 aromatic carbocycles. The number of hydrogen-bond donors (Lipinski definition) is 3. The van der Waals surface area contributed by atoms with Crippen LogP contribution in [0.25, 0.3) is 0 Å². The van der Waals surface area contributed by atoms with Crippen molar-refractivity contribution in [3.8, 4) is 5.75 Å². The van der Waals surface area contributed by atoms with E-state index >= 15 is 0 Å². The molecule has 2 unspecified atom stereocenters. The monoisotopic (exact) mass is 451 g/mol. The van der Waals surface area contributed by atoms with Crippen molar-refractivity contribution in [2.24, 2.45) is 5.16 Å². The number of aliphatic hydroxyl groups excluding tert-OH is 3. The average molecular weight is 452 g/mol. The van der Waals surface area contributed by atoms with Crippen LogP contribution in [-0.2, 0) is 20.7 Å². The summed E-state index contributed by atoms with van der Waals surface area (Å²) >= 11 is 6.39. The molecule has 1 saturated heterocycles. The van der Waals surface area contributed by atoms with E-state index in [1.807, 2.05) is 30.3 Å². The van der Waals surface area contributed by atoms with E-state index in [9.17, 15) is 15.3 Å². The molecule has 0 aromatic heterocycles. The molecule has 3 N–H and O–H groups in total. The van der Waals surface area contributed by atoms with Gasteiger partial charge in [-0.1, -0.05) is 41.0 Å². The van der Waals surface area contributed by atoms with Crippen molar-refractivity contribution in [1.82, 2.24) is 0 Å². The van der Waals surface area contributed by atoms with E-state index < -0.39 is 30.7 Å². The van der Waals surface area contributed by atoms with E-state index in [1.54, 1.807) is 12.1 Å². The average Bonchev–Trinajstić information content (AvgIpc) is 2.78. The summed E-state index contributed by atoms with van der Waals surface area (Å²) in [5.41, 5.74) is 2.45. The van der Waals surface area contributed by atoms with Crippen molar-refractivity contribution >= 4 is 17.8 Å². The summed E-state index contributed by atoms with van der Waals surface area (Å²) < 4.78 is 16.3. The molecule has 0 bridgehead atoms. The molecule has 1 heterocycles. The van der Waals surface area contributed by atoms with E-state index in [0.717, 1.165) is 11.1 Å². The summed E-state index contributed by atoms with van der Waals surface area (Å²) in [6, 6.07) is 12.8. The maximum Gasteiger partial charge on any atom is 0.186 e. The lowest BCUT2D eigenvalue weighted by Gasteiger charge is -2.40. The van der Waals surface area contributed by atoms with Gasteiger partial charge in [0.15, 0.2) is 6.29 Å². The molecule has 8 nitrogen and oxygen atoms in total. The predicted octanol–water partition coefficient (Wildman–Crippen LogP) is 2.07. The van der Waals surface area contributed by atoms with Crippen LogP contribution in [0.1, 0.15) is 22.8 Å². The number of methoxy groups -OCH3 is 1. The lowest BCUT2D eigenvalue weighted by atomic mass is 9.92. The highest BCUT2D eigenvalue weighted by Crippen LogP contribution is 2.34. The van der Waals surface area contributed by atoms with Crippen LogP contribution in [0.3, 0.4) is 0 Å². The van der Waals surface area contributed by atoms with Gasteiger partial charge >= 0.3 is 0 Å². The summed E-state index contributed by atoms with van der Waals surface area (Å²) in [5, 5.41) is 34.7. The maximum atomic E-state index is 10.4. The van der Waals surface area contributed by atoms with Gasteiger partial charge in [-0.3, -0.25) is 0 Å². The van der Waals surface area contributed by atoms with Crippen molar-refractivity contribution in [1.29, 1.82) is 0 Å². The van der Waals surface area contributed by atoms with Crippen molar-refractivity contribution in [3.05, 3.63) is 64.2 Å². The first-order valence-corrected chi connectivity index (χ1v) is 10.1. The first-order chi connectivity index (χ1) is 14.9. The summed E-state index contributed by atoms with van der Waals surface area (Å²) in [5.74, 6) is 0.697. The second-order valence-electron chi connectivity index (χ2n) is 7.09. The van der Waals surface area contributed by atoms with Gasteiger partial charge in [0.25, 0.3) is 0 Å². The van der Waals surface area contributed by atoms with Gasteiger partial charge in [-0.05, 0) is 41.3 Å². The molecule has 0 amide bonds. The van der Waals surface area contributed by atoms with Crippen LogP contribution in [0.2, 0.25) is 5.02 Å². The van der Waals surface area contributed by atoms with Crippen molar-refractivity contribution in [3.63, 3.8) is 0 Å². The summed E-state index contributed by atoms with van der Waals surface area (Å²) in [6.45, 7) is 0.299. The van der Waals surface area contributed by atoms with Crippen molar-refractivity contribution in [2.75, 3.05) is 20.8 Å². The third-order valence-corrected chi connectivity index (χ3v) is 5.39. The summed E-state index contributed by atoms with van der Waals surface area (Å²) in [4.78, 5) is 4.58. The molecular formula is C22H26ClNO7. The van der Waals surface area contributed by atoms with Gasteiger partial charge in [0.2, 0.25) is 0 Å². The number of oxime groups is 1. The van der Waals surface area contributed by atoms with Gasteiger partial charge in [-0.25, -0.2) is 0 Å². The number of aliphatic hydroxyl groups is 3. The lowest BCUT2D eigenvalue weighted by molar-refractivity contribution is -0.292. The van der Waals surface area contributed by atoms with E-state index in [1.165, 1.54) is 20.4 Å². The Labute approximate surface area is 185 Å². The minimum Gasteiger partial charge on any atom is -0.488 e. The minimum atomic E-state index is -1.40. The first-order valence-electron chi connectivity index (χ1n) is 9.72. The SMILES string of the molecule is CON=CCOc1ccc(Cc2cc(C3O[C@H](OC)[C@@H](O)[C@H](O)C3O)ccc2Cl)cc1. The van der Waals surface area contributed by atoms with Crippen LogP contribution >= 0.6 is 11.6 Å². The van der Waals surface area contributed by atoms with Crippen molar-refractivity contribution in [2.45, 2.75) is 37.1 Å². The van der Waals surface area contributed by atoms with E-state index in [-0.39, 0.29) is 0 Å². The predicted molar refractivity (Wildman–Crippen MR) is 114 cm³/mol. The van der Waals surface area contributed by atoms with Gasteiger partial charge in [0, 0.05) is 12.1 Å². The van der Waals surface area contributed by atoms with Gasteiger partial charge < -0.3 is 34.4 Å². The molecule has 0 aliphatic carbocycles. The molecule has 5 atom stereocenters. The van der Waals surface area contributed by atoms with Crippen LogP contribution in [0, 0.1) is 0 Å². The largest absolute Gasteiger partial charge is 0.488 e. The second-order valence-corrected chi connectivity index (χ2v) is 7.49. The minimum absolute atomic E-state index is 0.299. The zero-order valence-electron chi connectivity index (χ0n) is 17.2. The lowest BCUT2D eigenvalue weighted by Crippen LogP contribution is -2.54. The molecule has 2 aromatic rings. The molecule has 31 heavy (non-hydrogen) atoms. The zero-order valence-corrected chi connectivity index (χ0v) is 18.0. The highest BCUT2D eigenvalue weighted by Gasteiger charge is 2.44. The molecular weight excluding hydrogens is 426 g/mol. The van der Waals surface area contributed by atoms with Gasteiger partial charge in [-0.2, -0.15) is 0 Å². The molecule has 3 rings (SSSR count). The van der Waals surface area contributed by atoms with Crippen LogP contribution in [0.4, 0.5) is 0 Å². The maximum absolute atomic E-state index is 10.4. The molecule has 0 saturated carbocycles. The van der Waals surface area contributed by atoms with E-state index in [0.29, 0.717) is 29.4 Å². The topological polar surface area (TPSA) is 110 Å². The quantitative estimate of drug-likeness (QED) is 0.416. The number of rotatable bonds is 8. The molecule has 1 fully saturated rings. The smallest absolute Gasteiger partial charge is 0.186 e. The third-order valence-electron chi connectivity index (χ3n) is 5.02. The molecule has 9 heteroatoms. The Morgan fingerprint density at radius 2 is 1.77 bits per heavy atom. The van der Waals surface area contributed by atoms with Crippen LogP contribution in [0.5, 0.6) is 5.75 Å². The molecule has 0 spiro atoms. The number of ether oxygens (including phenoxy) is 3. The number of hydrogen-bond acceptors (Lipinski definition) is 8. The summed E-state index contributed by atoms with van der Waals surface area (Å²) in [7, 11) is 2.83. The van der Waals surface area contributed by atoms with Gasteiger partial charge in [0.1, 0.15) is 43.9 Å². The summed E-state index contributed by atoms with van der Waals surface area (Å²) in [6.07, 6.45) is -3.92. The van der Waals surface area contributed by atoms with Gasteiger partial charge in [-0.15, -0.1) is 0 Å².